The maximum Gasteiger partial charge on any atom is 0.317 e. The third-order valence-corrected chi connectivity index (χ3v) is 8.35. The molecule has 14 heteroatoms. The molecule has 1 heterocycles. The van der Waals surface area contributed by atoms with Gasteiger partial charge in [-0.2, -0.15) is 0 Å². The van der Waals surface area contributed by atoms with Crippen LogP contribution in [0.25, 0.3) is 0 Å². The average Bonchev–Trinajstić information content (AvgIpc) is 2.96. The van der Waals surface area contributed by atoms with Crippen molar-refractivity contribution in [2.45, 2.75) is 60.0 Å². The van der Waals surface area contributed by atoms with Gasteiger partial charge in [-0.3, -0.25) is 38.8 Å². The van der Waals surface area contributed by atoms with Crippen molar-refractivity contribution in [1.29, 1.82) is 0 Å². The Kier molecular flexibility index (Phi) is 21.6. The Morgan fingerprint density at radius 3 is 1.50 bits per heavy atom. The van der Waals surface area contributed by atoms with E-state index in [9.17, 15) is 39.6 Å². The van der Waals surface area contributed by atoms with Crippen LogP contribution in [0, 0.1) is 0 Å². The predicted molar refractivity (Wildman–Crippen MR) is 180 cm³/mol. The molecule has 1 aliphatic rings. The molecule has 0 radical (unpaired) electrons. The first-order valence-electron chi connectivity index (χ1n) is 15.2. The maximum absolute atomic E-state index is 11.9. The molecule has 1 aromatic carbocycles. The van der Waals surface area contributed by atoms with Gasteiger partial charge in [0.25, 0.3) is 0 Å². The first-order chi connectivity index (χ1) is 20.8. The van der Waals surface area contributed by atoms with E-state index in [0.29, 0.717) is 12.5 Å². The number of benzene rings is 1. The largest absolute Gasteiger partial charge is 0.480 e. The molecular formula is C30H52IN5O8. The van der Waals surface area contributed by atoms with E-state index >= 15 is 0 Å². The zero-order valence-electron chi connectivity index (χ0n) is 27.0. The molecule has 1 aliphatic heterocycles. The lowest BCUT2D eigenvalue weighted by atomic mass is 10.0. The number of carboxylic acid groups (broad SMARTS) is 4. The van der Waals surface area contributed by atoms with Crippen LogP contribution >= 0.6 is 22.9 Å². The van der Waals surface area contributed by atoms with Gasteiger partial charge in [-0.25, -0.2) is 0 Å². The monoisotopic (exact) mass is 737 g/mol. The summed E-state index contributed by atoms with van der Waals surface area (Å²) < 4.78 is 2.10. The highest BCUT2D eigenvalue weighted by Crippen LogP contribution is 2.23. The summed E-state index contributed by atoms with van der Waals surface area (Å²) >= 11 is 2.25. The highest BCUT2D eigenvalue weighted by atomic mass is 127. The normalized spacial score (nSPS) is 17.6. The standard InChI is InChI=1S/C26H40IN5O8.2C2H6/c1-19(2)32(27)21-5-3-20(4-6-21)13-22-14-30(17-25(37)38)10-9-28(15-23(33)34)7-8-29(16-24(35)36)11-12-31(22)18-26(39)40;2*1-2/h3-6,19,22H,7-18H2,1-2H3,(H,33,34)(H,35,36)(H,37,38)(H,39,40);2*1-2H3. The van der Waals surface area contributed by atoms with E-state index in [4.69, 9.17) is 0 Å². The summed E-state index contributed by atoms with van der Waals surface area (Å²) in [5.74, 6) is -4.13. The second kappa shape index (κ2) is 22.9. The topological polar surface area (TPSA) is 165 Å². The van der Waals surface area contributed by atoms with Crippen molar-refractivity contribution in [3.63, 3.8) is 0 Å². The van der Waals surface area contributed by atoms with Crippen LogP contribution in [0.15, 0.2) is 24.3 Å². The Morgan fingerprint density at radius 2 is 1.09 bits per heavy atom. The quantitative estimate of drug-likeness (QED) is 0.183. The summed E-state index contributed by atoms with van der Waals surface area (Å²) in [6.07, 6.45) is 0.449. The van der Waals surface area contributed by atoms with Crippen molar-refractivity contribution < 1.29 is 39.6 Å². The first kappa shape index (κ1) is 41.5. The molecule has 252 valence electrons. The lowest BCUT2D eigenvalue weighted by Gasteiger charge is -2.37. The molecule has 0 spiro atoms. The fourth-order valence-electron chi connectivity index (χ4n) is 4.70. The predicted octanol–water partition coefficient (Wildman–Crippen LogP) is 2.77. The molecule has 44 heavy (non-hydrogen) atoms. The minimum atomic E-state index is -1.04. The second-order valence-electron chi connectivity index (χ2n) is 10.3. The number of carbonyl (C=O) groups is 4. The summed E-state index contributed by atoms with van der Waals surface area (Å²) in [7, 11) is 0. The third-order valence-electron chi connectivity index (χ3n) is 6.68. The summed E-state index contributed by atoms with van der Waals surface area (Å²) in [4.78, 5) is 53.3. The lowest BCUT2D eigenvalue weighted by Crippen LogP contribution is -2.53. The third kappa shape index (κ3) is 17.1. The average molecular weight is 738 g/mol. The fourth-order valence-corrected chi connectivity index (χ4v) is 5.02. The molecule has 1 atom stereocenters. The van der Waals surface area contributed by atoms with Crippen molar-refractivity contribution in [2.24, 2.45) is 0 Å². The number of carboxylic acids is 4. The van der Waals surface area contributed by atoms with Gasteiger partial charge in [0.2, 0.25) is 0 Å². The van der Waals surface area contributed by atoms with Crippen molar-refractivity contribution in [2.75, 3.05) is 75.1 Å². The van der Waals surface area contributed by atoms with E-state index in [2.05, 4.69) is 39.8 Å². The van der Waals surface area contributed by atoms with Crippen LogP contribution in [0.1, 0.15) is 47.1 Å². The molecular weight excluding hydrogens is 685 g/mol. The van der Waals surface area contributed by atoms with Crippen LogP contribution < -0.4 is 3.11 Å². The molecule has 2 rings (SSSR count). The smallest absolute Gasteiger partial charge is 0.317 e. The lowest BCUT2D eigenvalue weighted by molar-refractivity contribution is -0.142. The van der Waals surface area contributed by atoms with Gasteiger partial charge in [-0.05, 0) is 38.0 Å². The number of rotatable bonds is 12. The molecule has 0 amide bonds. The minimum absolute atomic E-state index is 0.242. The van der Waals surface area contributed by atoms with Crippen molar-refractivity contribution in [3.8, 4) is 0 Å². The summed E-state index contributed by atoms with van der Waals surface area (Å²) in [5, 5.41) is 38.1. The van der Waals surface area contributed by atoms with Gasteiger partial charge < -0.3 is 23.5 Å². The van der Waals surface area contributed by atoms with Gasteiger partial charge in [-0.15, -0.1) is 0 Å². The van der Waals surface area contributed by atoms with Crippen LogP contribution in [0.5, 0.6) is 0 Å². The van der Waals surface area contributed by atoms with Crippen LogP contribution in [0.3, 0.4) is 0 Å². The van der Waals surface area contributed by atoms with Gasteiger partial charge in [-0.1, -0.05) is 39.8 Å². The first-order valence-corrected chi connectivity index (χ1v) is 16.1. The Balaban J connectivity index is 0.00000443. The van der Waals surface area contributed by atoms with E-state index in [0.717, 1.165) is 11.3 Å². The molecule has 1 aromatic rings. The molecule has 13 nitrogen and oxygen atoms in total. The van der Waals surface area contributed by atoms with Crippen molar-refractivity contribution in [3.05, 3.63) is 29.8 Å². The summed E-state index contributed by atoms with van der Waals surface area (Å²) in [5.41, 5.74) is 1.98. The van der Waals surface area contributed by atoms with Gasteiger partial charge in [0, 0.05) is 63.6 Å². The number of nitrogens with zero attached hydrogens (tertiary/aromatic N) is 5. The molecule has 4 N–H and O–H groups in total. The number of hydrogen-bond acceptors (Lipinski definition) is 9. The van der Waals surface area contributed by atoms with Crippen LogP contribution in [0.4, 0.5) is 5.69 Å². The van der Waals surface area contributed by atoms with Crippen LogP contribution in [0.2, 0.25) is 0 Å². The van der Waals surface area contributed by atoms with Crippen LogP contribution in [-0.4, -0.2) is 148 Å². The van der Waals surface area contributed by atoms with E-state index in [1.54, 1.807) is 19.6 Å². The molecule has 0 bridgehead atoms. The highest BCUT2D eigenvalue weighted by Gasteiger charge is 2.27. The molecule has 1 saturated heterocycles. The Bertz CT molecular complexity index is 998. The van der Waals surface area contributed by atoms with E-state index in [1.807, 2.05) is 52.0 Å². The Morgan fingerprint density at radius 1 is 0.705 bits per heavy atom. The fraction of sp³-hybridized carbons (Fsp3) is 0.667. The van der Waals surface area contributed by atoms with E-state index in [1.165, 1.54) is 0 Å². The number of aliphatic carboxylic acids is 4. The Labute approximate surface area is 275 Å². The molecule has 0 aromatic heterocycles. The van der Waals surface area contributed by atoms with E-state index < -0.39 is 23.9 Å². The zero-order chi connectivity index (χ0) is 33.8. The number of hydrogen-bond donors (Lipinski definition) is 4. The molecule has 1 unspecified atom stereocenters. The zero-order valence-corrected chi connectivity index (χ0v) is 29.1. The summed E-state index contributed by atoms with van der Waals surface area (Å²) in [6, 6.07) is 7.85. The minimum Gasteiger partial charge on any atom is -0.480 e. The van der Waals surface area contributed by atoms with Gasteiger partial charge in [0.1, 0.15) is 0 Å². The molecule has 0 saturated carbocycles. The van der Waals surface area contributed by atoms with Gasteiger partial charge in [0.05, 0.1) is 49.0 Å². The van der Waals surface area contributed by atoms with Gasteiger partial charge >= 0.3 is 23.9 Å². The SMILES string of the molecule is CC.CC.CC(C)N(I)c1ccc(CC2CN(CC(=O)O)CCN(CC(=O)O)CCN(CC(=O)O)CCN2CC(=O)O)cc1. The number of halogens is 1. The maximum atomic E-state index is 11.9. The van der Waals surface area contributed by atoms with E-state index in [-0.39, 0.29) is 78.0 Å². The summed E-state index contributed by atoms with van der Waals surface area (Å²) in [6.45, 7) is 12.9. The number of anilines is 1. The van der Waals surface area contributed by atoms with Crippen LogP contribution in [-0.2, 0) is 25.6 Å². The van der Waals surface area contributed by atoms with Crippen molar-refractivity contribution >= 4 is 52.4 Å². The Hall–Kier alpha value is -2.53. The highest BCUT2D eigenvalue weighted by molar-refractivity contribution is 14.1. The molecule has 1 fully saturated rings. The van der Waals surface area contributed by atoms with Gasteiger partial charge in [0.15, 0.2) is 0 Å². The molecule has 0 aliphatic carbocycles. The second-order valence-corrected chi connectivity index (χ2v) is 11.3. The van der Waals surface area contributed by atoms with Crippen molar-refractivity contribution in [1.82, 2.24) is 19.6 Å².